The number of unbranched alkanes of at least 4 members (excludes halogenated alkanes) is 3. The lowest BCUT2D eigenvalue weighted by molar-refractivity contribution is -0.136. The van der Waals surface area contributed by atoms with Gasteiger partial charge in [-0.1, -0.05) is 80.5 Å². The van der Waals surface area contributed by atoms with Crippen LogP contribution in [0.4, 0.5) is 0 Å². The lowest BCUT2D eigenvalue weighted by Crippen LogP contribution is -2.15. The standard InChI is InChI=1S/C26H34O5S/c1-2-3-4-5-6-7-8-9-10-11-12-13-17-23(32-19-18-24(27)28)25(29)21-15-14-16-22(20-21)26(30)31/h6-7,9-17,20,23,25,29H,2-5,8,18-19H2,1H3,(H,27,28)(H,30,31)/t23-,25+/m0/s1. The fraction of sp³-hybridized carbons (Fsp3) is 0.385. The monoisotopic (exact) mass is 458 g/mol. The van der Waals surface area contributed by atoms with Crippen molar-refractivity contribution in [2.75, 3.05) is 5.75 Å². The number of aliphatic hydroxyl groups is 1. The molecule has 0 saturated carbocycles. The molecule has 0 bridgehead atoms. The van der Waals surface area contributed by atoms with Crippen LogP contribution in [0.25, 0.3) is 0 Å². The molecule has 2 atom stereocenters. The first-order valence-corrected chi connectivity index (χ1v) is 12.0. The van der Waals surface area contributed by atoms with Crippen LogP contribution in [-0.4, -0.2) is 38.3 Å². The molecular weight excluding hydrogens is 424 g/mol. The third-order valence-corrected chi connectivity index (χ3v) is 5.84. The molecule has 0 aliphatic rings. The van der Waals surface area contributed by atoms with Crippen LogP contribution < -0.4 is 0 Å². The lowest BCUT2D eigenvalue weighted by Gasteiger charge is -2.20. The van der Waals surface area contributed by atoms with Gasteiger partial charge >= 0.3 is 11.9 Å². The molecule has 1 aromatic carbocycles. The summed E-state index contributed by atoms with van der Waals surface area (Å²) in [5.74, 6) is -1.61. The summed E-state index contributed by atoms with van der Waals surface area (Å²) in [6.07, 6.45) is 20.5. The van der Waals surface area contributed by atoms with E-state index in [-0.39, 0.29) is 12.0 Å². The SMILES string of the molecule is CCCCCC=CCC=CC=CC=C[C@H](SCCC(=O)O)[C@H](O)c1cccc(C(=O)O)c1. The molecule has 0 aliphatic heterocycles. The van der Waals surface area contributed by atoms with E-state index in [4.69, 9.17) is 5.11 Å². The first-order valence-electron chi connectivity index (χ1n) is 11.0. The smallest absolute Gasteiger partial charge is 0.335 e. The maximum atomic E-state index is 11.2. The van der Waals surface area contributed by atoms with Gasteiger partial charge < -0.3 is 15.3 Å². The Balaban J connectivity index is 2.67. The minimum absolute atomic E-state index is 0.0125. The molecule has 0 spiro atoms. The van der Waals surface area contributed by atoms with Gasteiger partial charge in [0, 0.05) is 5.75 Å². The summed E-state index contributed by atoms with van der Waals surface area (Å²) in [7, 11) is 0. The zero-order valence-electron chi connectivity index (χ0n) is 18.6. The number of benzene rings is 1. The number of carbonyl (C=O) groups is 2. The lowest BCUT2D eigenvalue weighted by atomic mass is 10.0. The quantitative estimate of drug-likeness (QED) is 0.155. The highest BCUT2D eigenvalue weighted by Crippen LogP contribution is 2.29. The second kappa shape index (κ2) is 17.0. The summed E-state index contributed by atoms with van der Waals surface area (Å²) in [5, 5.41) is 28.4. The molecule has 0 saturated heterocycles. The van der Waals surface area contributed by atoms with Gasteiger partial charge in [-0.15, -0.1) is 0 Å². The maximum Gasteiger partial charge on any atom is 0.335 e. The number of allylic oxidation sites excluding steroid dienone is 7. The number of thioether (sulfide) groups is 1. The van der Waals surface area contributed by atoms with E-state index in [0.717, 1.165) is 12.8 Å². The molecule has 1 aromatic rings. The largest absolute Gasteiger partial charge is 0.481 e. The van der Waals surface area contributed by atoms with Crippen molar-refractivity contribution in [3.8, 4) is 0 Å². The van der Waals surface area contributed by atoms with Gasteiger partial charge in [0.25, 0.3) is 0 Å². The fourth-order valence-corrected chi connectivity index (χ4v) is 3.95. The Labute approximate surface area is 195 Å². The van der Waals surface area contributed by atoms with Crippen LogP contribution >= 0.6 is 11.8 Å². The molecule has 5 nitrogen and oxygen atoms in total. The van der Waals surface area contributed by atoms with Crippen molar-refractivity contribution in [1.82, 2.24) is 0 Å². The van der Waals surface area contributed by atoms with Crippen molar-refractivity contribution in [1.29, 1.82) is 0 Å². The van der Waals surface area contributed by atoms with Gasteiger partial charge in [-0.2, -0.15) is 11.8 Å². The van der Waals surface area contributed by atoms with E-state index >= 15 is 0 Å². The minimum Gasteiger partial charge on any atom is -0.481 e. The van der Waals surface area contributed by atoms with Gasteiger partial charge in [-0.25, -0.2) is 4.79 Å². The topological polar surface area (TPSA) is 94.8 Å². The summed E-state index contributed by atoms with van der Waals surface area (Å²) in [5.41, 5.74) is 0.584. The number of hydrogen-bond acceptors (Lipinski definition) is 4. The highest BCUT2D eigenvalue weighted by molar-refractivity contribution is 8.00. The van der Waals surface area contributed by atoms with E-state index < -0.39 is 23.3 Å². The van der Waals surface area contributed by atoms with Crippen LogP contribution in [0.2, 0.25) is 0 Å². The van der Waals surface area contributed by atoms with Crippen LogP contribution in [0.15, 0.2) is 72.9 Å². The van der Waals surface area contributed by atoms with Crippen molar-refractivity contribution < 1.29 is 24.9 Å². The summed E-state index contributed by atoms with van der Waals surface area (Å²) in [4.78, 5) is 22.0. The summed E-state index contributed by atoms with van der Waals surface area (Å²) in [6, 6.07) is 6.17. The van der Waals surface area contributed by atoms with Crippen LogP contribution in [0.1, 0.15) is 67.5 Å². The van der Waals surface area contributed by atoms with Crippen LogP contribution in [0.3, 0.4) is 0 Å². The van der Waals surface area contributed by atoms with Crippen molar-refractivity contribution in [3.63, 3.8) is 0 Å². The molecule has 6 heteroatoms. The minimum atomic E-state index is -1.06. The van der Waals surface area contributed by atoms with Gasteiger partial charge in [0.1, 0.15) is 0 Å². The normalized spacial score (nSPS) is 14.1. The molecular formula is C26H34O5S. The Morgan fingerprint density at radius 2 is 1.81 bits per heavy atom. The molecule has 0 radical (unpaired) electrons. The van der Waals surface area contributed by atoms with Gasteiger partial charge in [0.05, 0.1) is 23.3 Å². The zero-order valence-corrected chi connectivity index (χ0v) is 19.4. The predicted molar refractivity (Wildman–Crippen MR) is 132 cm³/mol. The predicted octanol–water partition coefficient (Wildman–Crippen LogP) is 6.19. The van der Waals surface area contributed by atoms with Gasteiger partial charge in [0.2, 0.25) is 0 Å². The van der Waals surface area contributed by atoms with Crippen LogP contribution in [-0.2, 0) is 4.79 Å². The van der Waals surface area contributed by atoms with E-state index in [1.54, 1.807) is 12.1 Å². The molecule has 0 aromatic heterocycles. The highest BCUT2D eigenvalue weighted by atomic mass is 32.2. The Hall–Kier alpha value is -2.57. The van der Waals surface area contributed by atoms with Gasteiger partial charge in [-0.3, -0.25) is 4.79 Å². The molecule has 0 heterocycles. The molecule has 174 valence electrons. The summed E-state index contributed by atoms with van der Waals surface area (Å²) in [6.45, 7) is 2.20. The highest BCUT2D eigenvalue weighted by Gasteiger charge is 2.20. The average molecular weight is 459 g/mol. The summed E-state index contributed by atoms with van der Waals surface area (Å²) >= 11 is 1.32. The molecule has 32 heavy (non-hydrogen) atoms. The molecule has 0 fully saturated rings. The molecule has 3 N–H and O–H groups in total. The first kappa shape index (κ1) is 27.5. The first-order chi connectivity index (χ1) is 15.5. The fourth-order valence-electron chi connectivity index (χ4n) is 2.84. The molecule has 0 aliphatic carbocycles. The Morgan fingerprint density at radius 1 is 1.03 bits per heavy atom. The third kappa shape index (κ3) is 12.3. The number of aliphatic hydroxyl groups excluding tert-OH is 1. The number of carboxylic acid groups (broad SMARTS) is 2. The number of aromatic carboxylic acids is 1. The molecule has 0 amide bonds. The number of aliphatic carboxylic acids is 1. The maximum absolute atomic E-state index is 11.2. The van der Waals surface area contributed by atoms with Crippen LogP contribution in [0.5, 0.6) is 0 Å². The van der Waals surface area contributed by atoms with E-state index in [0.29, 0.717) is 11.3 Å². The second-order valence-corrected chi connectivity index (χ2v) is 8.54. The molecule has 0 unspecified atom stereocenters. The van der Waals surface area contributed by atoms with Crippen molar-refractivity contribution in [2.45, 2.75) is 56.8 Å². The van der Waals surface area contributed by atoms with Crippen LogP contribution in [0, 0.1) is 0 Å². The van der Waals surface area contributed by atoms with Crippen molar-refractivity contribution in [3.05, 3.63) is 84.0 Å². The van der Waals surface area contributed by atoms with E-state index in [9.17, 15) is 19.8 Å². The van der Waals surface area contributed by atoms with Crippen molar-refractivity contribution in [2.24, 2.45) is 0 Å². The van der Waals surface area contributed by atoms with Gasteiger partial charge in [0.15, 0.2) is 0 Å². The number of carboxylic acids is 2. The van der Waals surface area contributed by atoms with E-state index in [1.807, 2.05) is 30.4 Å². The Kier molecular flexibility index (Phi) is 14.6. The zero-order chi connectivity index (χ0) is 23.6. The van der Waals surface area contributed by atoms with Crippen molar-refractivity contribution >= 4 is 23.7 Å². The Bertz CT molecular complexity index is 810. The third-order valence-electron chi connectivity index (χ3n) is 4.60. The molecule has 1 rings (SSSR count). The average Bonchev–Trinajstić information content (AvgIpc) is 2.78. The summed E-state index contributed by atoms with van der Waals surface area (Å²) < 4.78 is 0. The Morgan fingerprint density at radius 3 is 2.53 bits per heavy atom. The number of rotatable bonds is 16. The second-order valence-electron chi connectivity index (χ2n) is 7.26. The van der Waals surface area contributed by atoms with E-state index in [2.05, 4.69) is 25.2 Å². The van der Waals surface area contributed by atoms with Gasteiger partial charge in [-0.05, 0) is 37.0 Å². The number of hydrogen-bond donors (Lipinski definition) is 3. The van der Waals surface area contributed by atoms with E-state index in [1.165, 1.54) is 43.2 Å².